The van der Waals surface area contributed by atoms with E-state index >= 15 is 0 Å². The lowest BCUT2D eigenvalue weighted by Gasteiger charge is -2.26. The van der Waals surface area contributed by atoms with E-state index in [1.807, 2.05) is 0 Å². The second-order valence-electron chi connectivity index (χ2n) is 4.81. The third-order valence-electron chi connectivity index (χ3n) is 2.95. The molecule has 1 unspecified atom stereocenters. The Morgan fingerprint density at radius 2 is 2.44 bits per heavy atom. The molecule has 1 aliphatic rings. The number of nitrogens with zero attached hydrogens (tertiary/aromatic N) is 4. The molecule has 2 rings (SSSR count). The first-order chi connectivity index (χ1) is 8.57. The van der Waals surface area contributed by atoms with E-state index in [2.05, 4.69) is 15.4 Å². The minimum Gasteiger partial charge on any atom is -0.338 e. The van der Waals surface area contributed by atoms with Crippen molar-refractivity contribution < 1.29 is 9.18 Å². The number of rotatable bonds is 3. The summed E-state index contributed by atoms with van der Waals surface area (Å²) in [7, 11) is 0. The third-order valence-corrected chi connectivity index (χ3v) is 2.95. The van der Waals surface area contributed by atoms with Gasteiger partial charge in [0.25, 0.3) is 0 Å². The minimum absolute atomic E-state index is 0.0434. The van der Waals surface area contributed by atoms with Gasteiger partial charge in [0.1, 0.15) is 18.3 Å². The number of hydrogen-bond acceptors (Lipinski definition) is 4. The van der Waals surface area contributed by atoms with Gasteiger partial charge in [-0.3, -0.25) is 9.48 Å². The Labute approximate surface area is 105 Å². The summed E-state index contributed by atoms with van der Waals surface area (Å²) in [4.78, 5) is 17.4. The van der Waals surface area contributed by atoms with E-state index in [0.717, 1.165) is 0 Å². The van der Waals surface area contributed by atoms with E-state index in [1.165, 1.54) is 13.3 Å². The molecule has 0 aliphatic carbocycles. The number of carbonyl (C=O) groups is 1. The lowest BCUT2D eigenvalue weighted by Crippen LogP contribution is -2.42. The fourth-order valence-electron chi connectivity index (χ4n) is 2.03. The van der Waals surface area contributed by atoms with Crippen molar-refractivity contribution in [3.05, 3.63) is 12.7 Å². The highest BCUT2D eigenvalue weighted by atomic mass is 19.1. The van der Waals surface area contributed by atoms with E-state index in [-0.39, 0.29) is 12.5 Å². The molecule has 7 heteroatoms. The van der Waals surface area contributed by atoms with Crippen LogP contribution < -0.4 is 5.32 Å². The molecule has 1 aromatic rings. The van der Waals surface area contributed by atoms with E-state index in [4.69, 9.17) is 0 Å². The van der Waals surface area contributed by atoms with Crippen LogP contribution in [0.1, 0.15) is 13.3 Å². The van der Waals surface area contributed by atoms with Gasteiger partial charge in [0.15, 0.2) is 0 Å². The summed E-state index contributed by atoms with van der Waals surface area (Å²) in [6, 6.07) is 0. The van der Waals surface area contributed by atoms with E-state index in [0.29, 0.717) is 32.6 Å². The largest absolute Gasteiger partial charge is 0.338 e. The van der Waals surface area contributed by atoms with Crippen LogP contribution in [0.3, 0.4) is 0 Å². The van der Waals surface area contributed by atoms with Crippen LogP contribution in [0, 0.1) is 0 Å². The van der Waals surface area contributed by atoms with Crippen molar-refractivity contribution in [2.24, 2.45) is 0 Å². The molecule has 6 nitrogen and oxygen atoms in total. The molecule has 1 fully saturated rings. The number of alkyl halides is 1. The molecule has 0 saturated carbocycles. The van der Waals surface area contributed by atoms with Gasteiger partial charge in [-0.05, 0) is 6.92 Å². The molecule has 0 aromatic carbocycles. The molecular formula is C11H18FN5O. The Bertz CT molecular complexity index is 392. The van der Waals surface area contributed by atoms with Gasteiger partial charge in [0, 0.05) is 26.1 Å². The maximum atomic E-state index is 14.0. The quantitative estimate of drug-likeness (QED) is 0.814. The molecule has 2 heterocycles. The number of nitrogens with one attached hydrogen (secondary N) is 1. The normalized spacial score (nSPS) is 24.9. The Kier molecular flexibility index (Phi) is 3.90. The van der Waals surface area contributed by atoms with Gasteiger partial charge in [0.05, 0.1) is 13.1 Å². The Balaban J connectivity index is 1.87. The number of hydrogen-bond donors (Lipinski definition) is 1. The first-order valence-electron chi connectivity index (χ1n) is 6.07. The fourth-order valence-corrected chi connectivity index (χ4v) is 2.03. The molecule has 0 radical (unpaired) electrons. The van der Waals surface area contributed by atoms with Gasteiger partial charge in [-0.1, -0.05) is 0 Å². The highest BCUT2D eigenvalue weighted by molar-refractivity contribution is 5.76. The minimum atomic E-state index is -1.36. The number of aryl methyl sites for hydroxylation is 1. The van der Waals surface area contributed by atoms with Crippen molar-refractivity contribution in [3.8, 4) is 0 Å². The summed E-state index contributed by atoms with van der Waals surface area (Å²) >= 11 is 0. The molecule has 0 bridgehead atoms. The van der Waals surface area contributed by atoms with E-state index in [1.54, 1.807) is 15.9 Å². The summed E-state index contributed by atoms with van der Waals surface area (Å²) in [5.41, 5.74) is -1.36. The van der Waals surface area contributed by atoms with Gasteiger partial charge in [-0.15, -0.1) is 0 Å². The van der Waals surface area contributed by atoms with E-state index < -0.39 is 5.67 Å². The van der Waals surface area contributed by atoms with Crippen LogP contribution in [0.5, 0.6) is 0 Å². The van der Waals surface area contributed by atoms with Gasteiger partial charge in [0.2, 0.25) is 5.91 Å². The van der Waals surface area contributed by atoms with Gasteiger partial charge in [-0.25, -0.2) is 9.37 Å². The highest BCUT2D eigenvalue weighted by Gasteiger charge is 2.30. The van der Waals surface area contributed by atoms with Crippen molar-refractivity contribution >= 4 is 5.91 Å². The third kappa shape index (κ3) is 3.49. The highest BCUT2D eigenvalue weighted by Crippen LogP contribution is 2.14. The van der Waals surface area contributed by atoms with Crippen LogP contribution in [0.2, 0.25) is 0 Å². The Hall–Kier alpha value is -1.50. The summed E-state index contributed by atoms with van der Waals surface area (Å²) in [6.45, 7) is 3.62. The van der Waals surface area contributed by atoms with Crippen molar-refractivity contribution in [1.82, 2.24) is 25.0 Å². The predicted octanol–water partition coefficient (Wildman–Crippen LogP) is -0.172. The summed E-state index contributed by atoms with van der Waals surface area (Å²) in [5, 5.41) is 6.92. The zero-order chi connectivity index (χ0) is 13.0. The van der Waals surface area contributed by atoms with Crippen molar-refractivity contribution in [3.63, 3.8) is 0 Å². The van der Waals surface area contributed by atoms with Gasteiger partial charge >= 0.3 is 0 Å². The zero-order valence-corrected chi connectivity index (χ0v) is 10.5. The first kappa shape index (κ1) is 12.9. The standard InChI is InChI=1S/C11H18FN5O/c1-11(12)6-13-3-5-16(7-11)10(18)2-4-17-9-14-8-15-17/h8-9,13H,2-7H2,1H3. The molecule has 1 aliphatic heterocycles. The Morgan fingerprint density at radius 1 is 1.61 bits per heavy atom. The van der Waals surface area contributed by atoms with Gasteiger partial charge < -0.3 is 10.2 Å². The van der Waals surface area contributed by atoms with Crippen molar-refractivity contribution in [1.29, 1.82) is 0 Å². The van der Waals surface area contributed by atoms with Crippen LogP contribution in [0.25, 0.3) is 0 Å². The molecule has 1 aromatic heterocycles. The molecule has 1 N–H and O–H groups in total. The van der Waals surface area contributed by atoms with Crippen molar-refractivity contribution in [2.75, 3.05) is 26.2 Å². The molecule has 100 valence electrons. The maximum absolute atomic E-state index is 14.0. The maximum Gasteiger partial charge on any atom is 0.224 e. The zero-order valence-electron chi connectivity index (χ0n) is 10.5. The number of aromatic nitrogens is 3. The number of carbonyl (C=O) groups excluding carboxylic acids is 1. The van der Waals surface area contributed by atoms with Crippen LogP contribution in [-0.4, -0.2) is 57.4 Å². The smallest absolute Gasteiger partial charge is 0.224 e. The van der Waals surface area contributed by atoms with Crippen molar-refractivity contribution in [2.45, 2.75) is 25.6 Å². The van der Waals surface area contributed by atoms with Crippen LogP contribution in [-0.2, 0) is 11.3 Å². The summed E-state index contributed by atoms with van der Waals surface area (Å²) < 4.78 is 15.6. The lowest BCUT2D eigenvalue weighted by molar-refractivity contribution is -0.132. The average Bonchev–Trinajstić information content (AvgIpc) is 2.76. The van der Waals surface area contributed by atoms with Crippen LogP contribution >= 0.6 is 0 Å². The van der Waals surface area contributed by atoms with Gasteiger partial charge in [-0.2, -0.15) is 5.10 Å². The first-order valence-corrected chi connectivity index (χ1v) is 6.07. The average molecular weight is 255 g/mol. The van der Waals surface area contributed by atoms with Crippen LogP contribution in [0.4, 0.5) is 4.39 Å². The molecule has 1 amide bonds. The fraction of sp³-hybridized carbons (Fsp3) is 0.727. The van der Waals surface area contributed by atoms with E-state index in [9.17, 15) is 9.18 Å². The van der Waals surface area contributed by atoms with Crippen LogP contribution in [0.15, 0.2) is 12.7 Å². The monoisotopic (exact) mass is 255 g/mol. The summed E-state index contributed by atoms with van der Waals surface area (Å²) in [5.74, 6) is -0.0434. The molecule has 18 heavy (non-hydrogen) atoms. The molecule has 1 atom stereocenters. The summed E-state index contributed by atoms with van der Waals surface area (Å²) in [6.07, 6.45) is 3.31. The topological polar surface area (TPSA) is 63.1 Å². The second-order valence-corrected chi connectivity index (χ2v) is 4.81. The predicted molar refractivity (Wildman–Crippen MR) is 63.6 cm³/mol. The number of amides is 1. The number of halogens is 1. The lowest BCUT2D eigenvalue weighted by atomic mass is 10.1. The Morgan fingerprint density at radius 3 is 3.17 bits per heavy atom. The molecule has 1 saturated heterocycles. The second kappa shape index (κ2) is 5.43. The molecule has 0 spiro atoms. The SMILES string of the molecule is CC1(F)CNCCN(C(=O)CCn2cncn2)C1. The molecular weight excluding hydrogens is 237 g/mol.